The van der Waals surface area contributed by atoms with E-state index in [1.54, 1.807) is 18.2 Å². The smallest absolute Gasteiger partial charge is 0.189 e. The Labute approximate surface area is 188 Å². The molecule has 1 aromatic carbocycles. The lowest BCUT2D eigenvalue weighted by atomic mass is 10.0. The number of hydrogen-bond donors (Lipinski definition) is 2. The minimum atomic E-state index is -0.778. The molecule has 2 heterocycles. The van der Waals surface area contributed by atoms with Gasteiger partial charge in [0.15, 0.2) is 17.2 Å². The summed E-state index contributed by atoms with van der Waals surface area (Å²) in [5, 5.41) is 6.43. The molecule has 2 fully saturated rings. The maximum atomic E-state index is 14.0. The predicted octanol–water partition coefficient (Wildman–Crippen LogP) is 3.58. The number of anilines is 1. The highest BCUT2D eigenvalue weighted by atomic mass is 32.1. The Morgan fingerprint density at radius 2 is 1.94 bits per heavy atom. The summed E-state index contributed by atoms with van der Waals surface area (Å²) in [5.74, 6) is -1.17. The summed E-state index contributed by atoms with van der Waals surface area (Å²) in [4.78, 5) is 0. The standard InChI is InChI=1S/C22H33FN2O5S/c1-5-11-26-13-16(27-12-6-2)18-17(19-20(28-18)30-22(3,4)29-19)25-21(31)24-15-10-8-7-9-14(15)23/h7-10,16-20H,5-6,11-13H2,1-4H3,(H2,24,25,31)/t16-,17+,18-,19-,20-/m1/s1. The fraction of sp³-hybridized carbons (Fsp3) is 0.682. The monoisotopic (exact) mass is 456 g/mol. The third-order valence-corrected chi connectivity index (χ3v) is 5.26. The van der Waals surface area contributed by atoms with Gasteiger partial charge >= 0.3 is 0 Å². The average molecular weight is 457 g/mol. The molecule has 2 saturated heterocycles. The van der Waals surface area contributed by atoms with Crippen LogP contribution >= 0.6 is 12.2 Å². The first-order valence-corrected chi connectivity index (χ1v) is 11.3. The van der Waals surface area contributed by atoms with Gasteiger partial charge in [0.25, 0.3) is 0 Å². The summed E-state index contributed by atoms with van der Waals surface area (Å²) in [6.45, 7) is 9.38. The van der Waals surface area contributed by atoms with Gasteiger partial charge in [0.2, 0.25) is 0 Å². The summed E-state index contributed by atoms with van der Waals surface area (Å²) in [5.41, 5.74) is 0.293. The van der Waals surface area contributed by atoms with Crippen LogP contribution in [0.2, 0.25) is 0 Å². The van der Waals surface area contributed by atoms with Gasteiger partial charge in [-0.1, -0.05) is 26.0 Å². The maximum absolute atomic E-state index is 14.0. The van der Waals surface area contributed by atoms with Crippen LogP contribution in [0.5, 0.6) is 0 Å². The van der Waals surface area contributed by atoms with Gasteiger partial charge in [0.05, 0.1) is 18.3 Å². The van der Waals surface area contributed by atoms with E-state index in [0.29, 0.717) is 25.5 Å². The number of halogens is 1. The molecule has 31 heavy (non-hydrogen) atoms. The number of para-hydroxylation sites is 1. The molecule has 0 unspecified atom stereocenters. The molecule has 0 radical (unpaired) electrons. The van der Waals surface area contributed by atoms with Gasteiger partial charge in [-0.25, -0.2) is 4.39 Å². The van der Waals surface area contributed by atoms with Crippen LogP contribution in [0, 0.1) is 5.82 Å². The first-order valence-electron chi connectivity index (χ1n) is 10.9. The summed E-state index contributed by atoms with van der Waals surface area (Å²) >= 11 is 5.47. The van der Waals surface area contributed by atoms with E-state index in [2.05, 4.69) is 17.6 Å². The molecule has 2 aliphatic heterocycles. The Morgan fingerprint density at radius 3 is 2.65 bits per heavy atom. The molecule has 0 aromatic heterocycles. The van der Waals surface area contributed by atoms with Crippen LogP contribution in [0.1, 0.15) is 40.5 Å². The first-order chi connectivity index (χ1) is 14.8. The topological polar surface area (TPSA) is 70.2 Å². The Kier molecular flexibility index (Phi) is 8.60. The molecule has 2 N–H and O–H groups in total. The third-order valence-electron chi connectivity index (χ3n) is 5.04. The lowest BCUT2D eigenvalue weighted by molar-refractivity contribution is -0.222. The lowest BCUT2D eigenvalue weighted by Gasteiger charge is -2.32. The zero-order valence-corrected chi connectivity index (χ0v) is 19.4. The highest BCUT2D eigenvalue weighted by molar-refractivity contribution is 7.80. The Bertz CT molecular complexity index is 738. The van der Waals surface area contributed by atoms with E-state index in [4.69, 9.17) is 35.9 Å². The quantitative estimate of drug-likeness (QED) is 0.409. The predicted molar refractivity (Wildman–Crippen MR) is 119 cm³/mol. The van der Waals surface area contributed by atoms with E-state index in [0.717, 1.165) is 12.8 Å². The van der Waals surface area contributed by atoms with Crippen molar-refractivity contribution in [2.24, 2.45) is 0 Å². The molecule has 0 saturated carbocycles. The largest absolute Gasteiger partial charge is 0.379 e. The van der Waals surface area contributed by atoms with Crippen LogP contribution in [0.15, 0.2) is 24.3 Å². The molecule has 1 aromatic rings. The molecular formula is C22H33FN2O5S. The number of benzene rings is 1. The van der Waals surface area contributed by atoms with E-state index >= 15 is 0 Å². The molecule has 0 amide bonds. The number of ether oxygens (including phenoxy) is 5. The zero-order valence-electron chi connectivity index (χ0n) is 18.6. The van der Waals surface area contributed by atoms with E-state index in [1.165, 1.54) is 6.07 Å². The second kappa shape index (κ2) is 11.0. The van der Waals surface area contributed by atoms with Crippen LogP contribution in [-0.4, -0.2) is 61.4 Å². The van der Waals surface area contributed by atoms with Crippen molar-refractivity contribution in [2.75, 3.05) is 25.1 Å². The summed E-state index contributed by atoms with van der Waals surface area (Å²) in [7, 11) is 0. The van der Waals surface area contributed by atoms with Gasteiger partial charge in [-0.2, -0.15) is 0 Å². The number of fused-ring (bicyclic) bond motifs is 1. The van der Waals surface area contributed by atoms with Crippen molar-refractivity contribution in [3.05, 3.63) is 30.1 Å². The Morgan fingerprint density at radius 1 is 1.19 bits per heavy atom. The Hall–Kier alpha value is -1.36. The van der Waals surface area contributed by atoms with Crippen LogP contribution in [-0.2, 0) is 23.7 Å². The Balaban J connectivity index is 1.75. The van der Waals surface area contributed by atoms with E-state index < -0.39 is 24.3 Å². The summed E-state index contributed by atoms with van der Waals surface area (Å²) < 4.78 is 44.1. The molecule has 174 valence electrons. The molecule has 0 spiro atoms. The maximum Gasteiger partial charge on any atom is 0.189 e. The summed E-state index contributed by atoms with van der Waals surface area (Å²) in [6, 6.07) is 5.99. The normalized spacial score (nSPS) is 27.6. The molecule has 2 aliphatic rings. The van der Waals surface area contributed by atoms with Gasteiger partial charge in [-0.05, 0) is 51.0 Å². The lowest BCUT2D eigenvalue weighted by Crippen LogP contribution is -2.54. The van der Waals surface area contributed by atoms with Gasteiger partial charge in [-0.15, -0.1) is 0 Å². The van der Waals surface area contributed by atoms with E-state index in [1.807, 2.05) is 20.8 Å². The van der Waals surface area contributed by atoms with Crippen LogP contribution < -0.4 is 10.6 Å². The van der Waals surface area contributed by atoms with Gasteiger partial charge < -0.3 is 34.3 Å². The van der Waals surface area contributed by atoms with Crippen molar-refractivity contribution in [1.82, 2.24) is 5.32 Å². The number of rotatable bonds is 10. The first kappa shape index (κ1) is 24.3. The molecular weight excluding hydrogens is 423 g/mol. The molecule has 0 aliphatic carbocycles. The van der Waals surface area contributed by atoms with Gasteiger partial charge in [-0.3, -0.25) is 0 Å². The third kappa shape index (κ3) is 6.34. The fourth-order valence-corrected chi connectivity index (χ4v) is 3.98. The van der Waals surface area contributed by atoms with Gasteiger partial charge in [0.1, 0.15) is 24.1 Å². The van der Waals surface area contributed by atoms with Crippen molar-refractivity contribution in [3.63, 3.8) is 0 Å². The number of hydrogen-bond acceptors (Lipinski definition) is 6. The molecule has 5 atom stereocenters. The van der Waals surface area contributed by atoms with E-state index in [9.17, 15) is 4.39 Å². The number of nitrogens with one attached hydrogen (secondary N) is 2. The average Bonchev–Trinajstić information content (AvgIpc) is 3.19. The van der Waals surface area contributed by atoms with Crippen LogP contribution in [0.3, 0.4) is 0 Å². The van der Waals surface area contributed by atoms with Crippen molar-refractivity contribution in [3.8, 4) is 0 Å². The molecule has 0 bridgehead atoms. The van der Waals surface area contributed by atoms with Crippen molar-refractivity contribution < 1.29 is 28.1 Å². The van der Waals surface area contributed by atoms with Crippen LogP contribution in [0.4, 0.5) is 10.1 Å². The fourth-order valence-electron chi connectivity index (χ4n) is 3.74. The molecule has 7 nitrogen and oxygen atoms in total. The zero-order chi connectivity index (χ0) is 22.4. The minimum absolute atomic E-state index is 0.265. The minimum Gasteiger partial charge on any atom is -0.379 e. The molecule has 9 heteroatoms. The van der Waals surface area contributed by atoms with Crippen molar-refractivity contribution in [2.45, 2.75) is 77.0 Å². The SMILES string of the molecule is CCCOC[C@@H](OCCC)[C@H]1O[C@@H]2OC(C)(C)O[C@@H]2[C@H]1NC(=S)Nc1ccccc1F. The molecule has 3 rings (SSSR count). The van der Waals surface area contributed by atoms with Crippen molar-refractivity contribution in [1.29, 1.82) is 0 Å². The second-order valence-corrected chi connectivity index (χ2v) is 8.57. The van der Waals surface area contributed by atoms with E-state index in [-0.39, 0.29) is 23.1 Å². The number of thiocarbonyl (C=S) groups is 1. The highest BCUT2D eigenvalue weighted by Gasteiger charge is 2.57. The second-order valence-electron chi connectivity index (χ2n) is 8.16. The highest BCUT2D eigenvalue weighted by Crippen LogP contribution is 2.39. The van der Waals surface area contributed by atoms with Crippen LogP contribution in [0.25, 0.3) is 0 Å². The van der Waals surface area contributed by atoms with Crippen molar-refractivity contribution >= 4 is 23.0 Å². The summed E-state index contributed by atoms with van der Waals surface area (Å²) in [6.07, 6.45) is 0.0635. The van der Waals surface area contributed by atoms with Gasteiger partial charge in [0, 0.05) is 13.2 Å².